The summed E-state index contributed by atoms with van der Waals surface area (Å²) in [5.41, 5.74) is 11.1. The first-order chi connectivity index (χ1) is 29.0. The fourth-order valence-electron chi connectivity index (χ4n) is 9.46. The number of urea groups is 1. The van der Waals surface area contributed by atoms with Gasteiger partial charge in [0.25, 0.3) is 26.3 Å². The van der Waals surface area contributed by atoms with Gasteiger partial charge in [-0.15, -0.1) is 5.26 Å². The highest BCUT2D eigenvalue weighted by molar-refractivity contribution is 7.90. The number of fused-ring (bicyclic) bond motifs is 4. The molecule has 0 bridgehead atoms. The topological polar surface area (TPSA) is 223 Å². The second-order valence-electron chi connectivity index (χ2n) is 16.2. The first-order valence-electron chi connectivity index (χ1n) is 21.0. The van der Waals surface area contributed by atoms with Crippen LogP contribution in [0.25, 0.3) is 0 Å². The van der Waals surface area contributed by atoms with Gasteiger partial charge in [0.2, 0.25) is 0 Å². The Hall–Kier alpha value is -4.80. The molecule has 16 nitrogen and oxygen atoms in total. The Morgan fingerprint density at radius 3 is 1.58 bits per heavy atom. The third-order valence-electron chi connectivity index (χ3n) is 12.4. The number of amides is 2. The summed E-state index contributed by atoms with van der Waals surface area (Å²) in [6.07, 6.45) is 21.3. The highest BCUT2D eigenvalue weighted by Crippen LogP contribution is 2.41. The van der Waals surface area contributed by atoms with E-state index < -0.39 is 26.1 Å². The molecular formula is C42H52N8O8S2. The molecule has 2 aromatic heterocycles. The van der Waals surface area contributed by atoms with Crippen molar-refractivity contribution in [1.29, 1.82) is 5.26 Å². The summed E-state index contributed by atoms with van der Waals surface area (Å²) in [7, 11) is -7.73. The SMILES string of the molecule is N#COc1c2c(cc3c1CCC3)CCC2.NS(=O)(=O)c1ccn(C2CCOCC2)n1.O=C(Nc1c2c(cc3c1CCC3)CCC2)NS(=O)(=O)c1ccn(C2CCOCC2)n1. The summed E-state index contributed by atoms with van der Waals surface area (Å²) in [5.74, 6) is 0.903. The van der Waals surface area contributed by atoms with E-state index in [1.807, 2.05) is 6.26 Å². The van der Waals surface area contributed by atoms with Crippen LogP contribution in [-0.2, 0) is 80.9 Å². The van der Waals surface area contributed by atoms with Crippen LogP contribution in [0.4, 0.5) is 10.5 Å². The molecule has 0 atom stereocenters. The first-order valence-corrected chi connectivity index (χ1v) is 24.0. The number of hydrogen-bond donors (Lipinski definition) is 3. The van der Waals surface area contributed by atoms with Gasteiger partial charge in [0.05, 0.1) is 12.1 Å². The minimum Gasteiger partial charge on any atom is -0.387 e. The van der Waals surface area contributed by atoms with E-state index in [1.54, 1.807) is 21.8 Å². The van der Waals surface area contributed by atoms with Crippen molar-refractivity contribution in [3.05, 3.63) is 81.2 Å². The average Bonchev–Trinajstić information content (AvgIpc) is 4.10. The third kappa shape index (κ3) is 9.25. The van der Waals surface area contributed by atoms with Gasteiger partial charge < -0.3 is 19.5 Å². The smallest absolute Gasteiger partial charge is 0.333 e. The number of primary sulfonamides is 1. The molecule has 4 heterocycles. The standard InChI is InChI=1S/C21H26N4O4S.C13H13NO.C8H13N3O3S/c26-21(22-20-17-5-1-3-14(17)13-15-4-2-6-18(15)20)24-30(27,28)19-7-10-25(23-19)16-8-11-29-12-9-16;14-8-15-13-11-5-1-3-9(11)7-10-4-2-6-12(10)13;9-15(12,13)8-1-4-11(10-8)7-2-5-14-6-3-7/h7,10,13,16H,1-6,8-9,11-12H2,(H2,22,24,26);7H,1-6H2;1,4,7H,2-3,5-6H2,(H2,9,12,13). The van der Waals surface area contributed by atoms with E-state index in [9.17, 15) is 21.6 Å². The molecule has 18 heteroatoms. The van der Waals surface area contributed by atoms with Gasteiger partial charge in [-0.05, 0) is 159 Å². The van der Waals surface area contributed by atoms with Crippen molar-refractivity contribution in [3.8, 4) is 12.0 Å². The van der Waals surface area contributed by atoms with Gasteiger partial charge >= 0.3 is 6.03 Å². The maximum atomic E-state index is 12.7. The maximum absolute atomic E-state index is 12.7. The van der Waals surface area contributed by atoms with Crippen molar-refractivity contribution >= 4 is 31.8 Å². The van der Waals surface area contributed by atoms with Crippen molar-refractivity contribution < 1.29 is 35.8 Å². The first kappa shape index (κ1) is 41.9. The number of benzene rings is 2. The minimum atomic E-state index is -4.05. The highest BCUT2D eigenvalue weighted by atomic mass is 32.2. The van der Waals surface area contributed by atoms with Gasteiger partial charge in [-0.1, -0.05) is 12.1 Å². The Morgan fingerprint density at radius 1 is 0.700 bits per heavy atom. The molecule has 2 aliphatic heterocycles. The van der Waals surface area contributed by atoms with Gasteiger partial charge in [-0.3, -0.25) is 9.36 Å². The van der Waals surface area contributed by atoms with Gasteiger partial charge in [0.1, 0.15) is 5.75 Å². The number of nitriles is 1. The second kappa shape index (κ2) is 18.0. The van der Waals surface area contributed by atoms with Crippen LogP contribution in [0, 0.1) is 11.5 Å². The number of sulfonamides is 2. The van der Waals surface area contributed by atoms with Crippen LogP contribution in [0.1, 0.15) is 108 Å². The number of ether oxygens (including phenoxy) is 3. The second-order valence-corrected chi connectivity index (χ2v) is 19.3. The molecule has 2 fully saturated rings. The van der Waals surface area contributed by atoms with Crippen LogP contribution in [-0.4, -0.2) is 68.9 Å². The number of aromatic nitrogens is 4. The van der Waals surface area contributed by atoms with Crippen LogP contribution in [0.2, 0.25) is 0 Å². The average molecular weight is 861 g/mol. The number of carbonyl (C=O) groups is 1. The van der Waals surface area contributed by atoms with Gasteiger partial charge in [-0.2, -0.15) is 18.6 Å². The number of hydrogen-bond acceptors (Lipinski definition) is 11. The lowest BCUT2D eigenvalue weighted by atomic mass is 9.99. The molecule has 4 aromatic rings. The van der Waals surface area contributed by atoms with E-state index in [-0.39, 0.29) is 22.1 Å². The fourth-order valence-corrected chi connectivity index (χ4v) is 10.8. The van der Waals surface area contributed by atoms with Crippen molar-refractivity contribution in [1.82, 2.24) is 24.3 Å². The van der Waals surface area contributed by atoms with E-state index in [4.69, 9.17) is 24.6 Å². The Balaban J connectivity index is 0.000000139. The molecule has 4 N–H and O–H groups in total. The molecule has 0 saturated carbocycles. The number of nitrogens with zero attached hydrogens (tertiary/aromatic N) is 5. The molecule has 0 unspecified atom stereocenters. The third-order valence-corrected chi connectivity index (χ3v) is 14.4. The summed E-state index contributed by atoms with van der Waals surface area (Å²) >= 11 is 0. The number of aryl methyl sites for hydroxylation is 4. The monoisotopic (exact) mass is 860 g/mol. The van der Waals surface area contributed by atoms with Crippen LogP contribution in [0.15, 0.2) is 46.7 Å². The van der Waals surface area contributed by atoms with Crippen LogP contribution in [0.3, 0.4) is 0 Å². The van der Waals surface area contributed by atoms with Crippen molar-refractivity contribution in [2.45, 2.75) is 125 Å². The summed E-state index contributed by atoms with van der Waals surface area (Å²) in [4.78, 5) is 12.7. The molecule has 10 rings (SSSR count). The molecule has 320 valence electrons. The zero-order chi connectivity index (χ0) is 41.9. The molecule has 4 aliphatic carbocycles. The quantitative estimate of drug-likeness (QED) is 0.207. The van der Waals surface area contributed by atoms with Gasteiger partial charge in [0, 0.05) is 44.5 Å². The lowest BCUT2D eigenvalue weighted by molar-refractivity contribution is 0.0658. The number of nitrogens with two attached hydrogens (primary N) is 1. The zero-order valence-corrected chi connectivity index (χ0v) is 35.3. The van der Waals surface area contributed by atoms with Gasteiger partial charge in [-0.25, -0.2) is 23.1 Å². The van der Waals surface area contributed by atoms with Crippen LogP contribution in [0.5, 0.6) is 5.75 Å². The molecule has 60 heavy (non-hydrogen) atoms. The fraction of sp³-hybridized carbons (Fsp3) is 0.524. The lowest BCUT2D eigenvalue weighted by Gasteiger charge is -2.22. The molecule has 2 aromatic carbocycles. The Morgan fingerprint density at radius 2 is 1.13 bits per heavy atom. The van der Waals surface area contributed by atoms with E-state index in [2.05, 4.69) is 32.4 Å². The molecule has 2 amide bonds. The van der Waals surface area contributed by atoms with E-state index in [0.717, 1.165) is 112 Å². The summed E-state index contributed by atoms with van der Waals surface area (Å²) in [6.45, 7) is 2.66. The molecule has 6 aliphatic rings. The molecular weight excluding hydrogens is 809 g/mol. The molecule has 2 saturated heterocycles. The Kier molecular flexibility index (Phi) is 12.6. The van der Waals surface area contributed by atoms with Crippen molar-refractivity contribution in [3.63, 3.8) is 0 Å². The van der Waals surface area contributed by atoms with E-state index >= 15 is 0 Å². The zero-order valence-electron chi connectivity index (χ0n) is 33.7. The number of carbonyl (C=O) groups excluding carboxylic acids is 1. The Bertz CT molecular complexity index is 2430. The summed E-state index contributed by atoms with van der Waals surface area (Å²) in [6, 6.07) is 7.07. The van der Waals surface area contributed by atoms with E-state index in [0.29, 0.717) is 26.4 Å². The lowest BCUT2D eigenvalue weighted by Crippen LogP contribution is -2.35. The predicted octanol–water partition coefficient (Wildman–Crippen LogP) is 5.13. The predicted molar refractivity (Wildman–Crippen MR) is 221 cm³/mol. The van der Waals surface area contributed by atoms with Gasteiger partial charge in [0.15, 0.2) is 10.1 Å². The van der Waals surface area contributed by atoms with Crippen molar-refractivity contribution in [2.75, 3.05) is 31.7 Å². The number of rotatable bonds is 7. The normalized spacial score (nSPS) is 18.5. The molecule has 0 radical (unpaired) electrons. The number of nitrogens with one attached hydrogen (secondary N) is 2. The largest absolute Gasteiger partial charge is 0.387 e. The molecule has 0 spiro atoms. The summed E-state index contributed by atoms with van der Waals surface area (Å²) < 4.78 is 68.7. The maximum Gasteiger partial charge on any atom is 0.333 e. The van der Waals surface area contributed by atoms with Crippen molar-refractivity contribution in [2.24, 2.45) is 5.14 Å². The van der Waals surface area contributed by atoms with Crippen LogP contribution >= 0.6 is 0 Å². The number of anilines is 1. The van der Waals surface area contributed by atoms with Crippen LogP contribution < -0.4 is 19.9 Å². The van der Waals surface area contributed by atoms with E-state index in [1.165, 1.54) is 58.4 Å². The summed E-state index contributed by atoms with van der Waals surface area (Å²) in [5, 5.41) is 24.5. The minimum absolute atomic E-state index is 0.0750. The highest BCUT2D eigenvalue weighted by Gasteiger charge is 2.29. The Labute approximate surface area is 350 Å².